The van der Waals surface area contributed by atoms with Crippen LogP contribution in [-0.4, -0.2) is 24.0 Å². The van der Waals surface area contributed by atoms with Crippen molar-refractivity contribution in [2.45, 2.75) is 13.8 Å². The van der Waals surface area contributed by atoms with E-state index in [-0.39, 0.29) is 16.9 Å². The number of anilines is 1. The molecule has 0 fully saturated rings. The van der Waals surface area contributed by atoms with Crippen LogP contribution in [0.1, 0.15) is 19.4 Å². The zero-order chi connectivity index (χ0) is 20.5. The van der Waals surface area contributed by atoms with Crippen LogP contribution in [0.4, 0.5) is 11.4 Å². The molecule has 2 aromatic rings. The number of non-ortho nitro benzene ring substituents is 1. The van der Waals surface area contributed by atoms with Crippen LogP contribution in [0, 0.1) is 21.4 Å². The highest BCUT2D eigenvalue weighted by atomic mass is 16.6. The molecule has 8 heteroatoms. The molecule has 1 amide bonds. The van der Waals surface area contributed by atoms with Crippen molar-refractivity contribution < 1.29 is 19.2 Å². The number of nitrogens with zero attached hydrogens (tertiary/aromatic N) is 2. The molecule has 28 heavy (non-hydrogen) atoms. The van der Waals surface area contributed by atoms with E-state index in [1.165, 1.54) is 30.3 Å². The molecule has 8 nitrogen and oxygen atoms in total. The van der Waals surface area contributed by atoms with Crippen molar-refractivity contribution in [2.75, 3.05) is 18.5 Å². The first kappa shape index (κ1) is 20.5. The Morgan fingerprint density at radius 1 is 1.21 bits per heavy atom. The Kier molecular flexibility index (Phi) is 7.11. The summed E-state index contributed by atoms with van der Waals surface area (Å²) in [6, 6.07) is 12.4. The highest BCUT2D eigenvalue weighted by Crippen LogP contribution is 2.27. The maximum Gasteiger partial charge on any atom is 0.271 e. The fourth-order valence-corrected chi connectivity index (χ4v) is 2.37. The van der Waals surface area contributed by atoms with Crippen LogP contribution >= 0.6 is 0 Å². The molecule has 144 valence electrons. The molecular weight excluding hydrogens is 362 g/mol. The number of carbonyl (C=O) groups excluding carboxylic acids is 1. The number of nitro groups is 1. The highest BCUT2D eigenvalue weighted by Gasteiger charge is 2.14. The number of ether oxygens (including phenoxy) is 2. The van der Waals surface area contributed by atoms with Crippen molar-refractivity contribution in [3.05, 3.63) is 63.7 Å². The molecule has 0 aromatic heterocycles. The van der Waals surface area contributed by atoms with Crippen molar-refractivity contribution in [3.8, 4) is 17.6 Å². The fraction of sp³-hybridized carbons (Fsp3) is 0.200. The Balaban J connectivity index is 2.30. The zero-order valence-corrected chi connectivity index (χ0v) is 15.5. The number of carbonyl (C=O) groups is 1. The first-order chi connectivity index (χ1) is 13.5. The highest BCUT2D eigenvalue weighted by molar-refractivity contribution is 6.09. The lowest BCUT2D eigenvalue weighted by molar-refractivity contribution is -0.384. The monoisotopic (exact) mass is 381 g/mol. The molecule has 0 saturated heterocycles. The second-order valence-corrected chi connectivity index (χ2v) is 5.50. The summed E-state index contributed by atoms with van der Waals surface area (Å²) in [5.41, 5.74) is 0.426. The Bertz CT molecular complexity index is 947. The van der Waals surface area contributed by atoms with Gasteiger partial charge in [0.15, 0.2) is 0 Å². The topological polar surface area (TPSA) is 114 Å². The van der Waals surface area contributed by atoms with E-state index in [2.05, 4.69) is 5.32 Å². The van der Waals surface area contributed by atoms with E-state index in [1.807, 2.05) is 19.9 Å². The molecule has 2 aromatic carbocycles. The average Bonchev–Trinajstić information content (AvgIpc) is 2.68. The third-order valence-corrected chi connectivity index (χ3v) is 3.58. The summed E-state index contributed by atoms with van der Waals surface area (Å²) in [4.78, 5) is 22.7. The van der Waals surface area contributed by atoms with Gasteiger partial charge in [-0.3, -0.25) is 14.9 Å². The van der Waals surface area contributed by atoms with Gasteiger partial charge < -0.3 is 14.8 Å². The summed E-state index contributed by atoms with van der Waals surface area (Å²) >= 11 is 0. The van der Waals surface area contributed by atoms with Gasteiger partial charge in [-0.25, -0.2) is 0 Å². The zero-order valence-electron chi connectivity index (χ0n) is 15.5. The molecule has 2 rings (SSSR count). The van der Waals surface area contributed by atoms with E-state index in [9.17, 15) is 20.2 Å². The number of hydrogen-bond donors (Lipinski definition) is 1. The van der Waals surface area contributed by atoms with Gasteiger partial charge >= 0.3 is 0 Å². The molecule has 0 bridgehead atoms. The third-order valence-electron chi connectivity index (χ3n) is 3.58. The predicted molar refractivity (Wildman–Crippen MR) is 104 cm³/mol. The minimum Gasteiger partial charge on any atom is -0.494 e. The second kappa shape index (κ2) is 9.73. The lowest BCUT2D eigenvalue weighted by atomic mass is 10.1. The van der Waals surface area contributed by atoms with Crippen LogP contribution in [0.5, 0.6) is 11.5 Å². The van der Waals surface area contributed by atoms with Gasteiger partial charge in [0.25, 0.3) is 11.6 Å². The lowest BCUT2D eigenvalue weighted by Crippen LogP contribution is -2.13. The summed E-state index contributed by atoms with van der Waals surface area (Å²) in [6.07, 6.45) is 1.40. The molecule has 0 aliphatic heterocycles. The number of amides is 1. The summed E-state index contributed by atoms with van der Waals surface area (Å²) in [7, 11) is 0. The van der Waals surface area contributed by atoms with E-state index in [4.69, 9.17) is 9.47 Å². The molecule has 0 saturated carbocycles. The molecule has 0 heterocycles. The van der Waals surface area contributed by atoms with Gasteiger partial charge in [0.05, 0.1) is 18.1 Å². The summed E-state index contributed by atoms with van der Waals surface area (Å²) in [6.45, 7) is 4.58. The van der Waals surface area contributed by atoms with Crippen LogP contribution in [0.25, 0.3) is 6.08 Å². The second-order valence-electron chi connectivity index (χ2n) is 5.50. The van der Waals surface area contributed by atoms with Gasteiger partial charge in [0.2, 0.25) is 0 Å². The summed E-state index contributed by atoms with van der Waals surface area (Å²) < 4.78 is 11.0. The van der Waals surface area contributed by atoms with E-state index in [0.29, 0.717) is 30.3 Å². The van der Waals surface area contributed by atoms with Crippen LogP contribution < -0.4 is 14.8 Å². The maximum absolute atomic E-state index is 12.4. The van der Waals surface area contributed by atoms with Crippen molar-refractivity contribution in [1.82, 2.24) is 0 Å². The van der Waals surface area contributed by atoms with Crippen molar-refractivity contribution >= 4 is 23.4 Å². The standard InChI is InChI=1S/C20H19N3O5/c1-3-27-18-9-8-14(19(12-18)28-4-2)10-15(13-21)20(24)22-16-6-5-7-17(11-16)23(25)26/h5-12H,3-4H2,1-2H3,(H,22,24)/b15-10+. The molecule has 1 N–H and O–H groups in total. The molecule has 0 unspecified atom stereocenters. The van der Waals surface area contributed by atoms with Crippen LogP contribution in [-0.2, 0) is 4.79 Å². The Morgan fingerprint density at radius 2 is 1.96 bits per heavy atom. The number of hydrogen-bond acceptors (Lipinski definition) is 6. The SMILES string of the molecule is CCOc1ccc(/C=C(\C#N)C(=O)Nc2cccc([N+](=O)[O-])c2)c(OCC)c1. The molecule has 0 atom stereocenters. The van der Waals surface area contributed by atoms with Gasteiger partial charge in [-0.05, 0) is 38.1 Å². The molecular formula is C20H19N3O5. The van der Waals surface area contributed by atoms with Gasteiger partial charge in [-0.15, -0.1) is 0 Å². The average molecular weight is 381 g/mol. The number of nitriles is 1. The van der Waals surface area contributed by atoms with Crippen molar-refractivity contribution in [1.29, 1.82) is 5.26 Å². The minimum atomic E-state index is -0.681. The molecule has 0 aliphatic carbocycles. The minimum absolute atomic E-state index is 0.162. The summed E-state index contributed by atoms with van der Waals surface area (Å²) in [5, 5.41) is 22.7. The van der Waals surface area contributed by atoms with Gasteiger partial charge in [0.1, 0.15) is 23.1 Å². The third kappa shape index (κ3) is 5.32. The van der Waals surface area contributed by atoms with Crippen molar-refractivity contribution in [2.24, 2.45) is 0 Å². The smallest absolute Gasteiger partial charge is 0.271 e. The first-order valence-electron chi connectivity index (χ1n) is 8.55. The van der Waals surface area contributed by atoms with Gasteiger partial charge in [0, 0.05) is 29.4 Å². The number of rotatable bonds is 8. The Labute approximate surface area is 162 Å². The number of nitro benzene ring substituents is 1. The largest absolute Gasteiger partial charge is 0.494 e. The van der Waals surface area contributed by atoms with E-state index < -0.39 is 10.8 Å². The summed E-state index contributed by atoms with van der Waals surface area (Å²) in [5.74, 6) is 0.409. The molecule has 0 aliphatic rings. The van der Waals surface area contributed by atoms with Crippen LogP contribution in [0.15, 0.2) is 48.0 Å². The predicted octanol–water partition coefficient (Wildman–Crippen LogP) is 3.94. The van der Waals surface area contributed by atoms with E-state index in [1.54, 1.807) is 18.2 Å². The number of benzene rings is 2. The van der Waals surface area contributed by atoms with Crippen LogP contribution in [0.3, 0.4) is 0 Å². The quantitative estimate of drug-likeness (QED) is 0.321. The Morgan fingerprint density at radius 3 is 2.61 bits per heavy atom. The number of nitrogens with one attached hydrogen (secondary N) is 1. The van der Waals surface area contributed by atoms with E-state index in [0.717, 1.165) is 0 Å². The maximum atomic E-state index is 12.4. The van der Waals surface area contributed by atoms with E-state index >= 15 is 0 Å². The van der Waals surface area contributed by atoms with Crippen molar-refractivity contribution in [3.63, 3.8) is 0 Å². The first-order valence-corrected chi connectivity index (χ1v) is 8.55. The normalized spacial score (nSPS) is 10.7. The Hall–Kier alpha value is -3.86. The van der Waals surface area contributed by atoms with Gasteiger partial charge in [-0.2, -0.15) is 5.26 Å². The van der Waals surface area contributed by atoms with Crippen LogP contribution in [0.2, 0.25) is 0 Å². The molecule has 0 radical (unpaired) electrons. The lowest BCUT2D eigenvalue weighted by Gasteiger charge is -2.11. The van der Waals surface area contributed by atoms with Gasteiger partial charge in [-0.1, -0.05) is 6.07 Å². The molecule has 0 spiro atoms. The fourth-order valence-electron chi connectivity index (χ4n) is 2.37.